The van der Waals surface area contributed by atoms with Gasteiger partial charge in [-0.15, -0.1) is 11.3 Å². The number of benzene rings is 2. The Labute approximate surface area is 177 Å². The fourth-order valence-electron chi connectivity index (χ4n) is 3.77. The molecule has 1 unspecified atom stereocenters. The lowest BCUT2D eigenvalue weighted by atomic mass is 9.89. The molecule has 3 heterocycles. The molecule has 8 nitrogen and oxygen atoms in total. The zero-order chi connectivity index (χ0) is 21.9. The predicted molar refractivity (Wildman–Crippen MR) is 111 cm³/mol. The molecule has 1 aliphatic heterocycles. The normalized spacial score (nSPS) is 15.6. The Kier molecular flexibility index (Phi) is 4.16. The largest absolute Gasteiger partial charge is 0.507 e. The third-order valence-electron chi connectivity index (χ3n) is 5.19. The van der Waals surface area contributed by atoms with E-state index in [0.717, 1.165) is 17.0 Å². The molecule has 4 N–H and O–H groups in total. The second-order valence-corrected chi connectivity index (χ2v) is 8.05. The van der Waals surface area contributed by atoms with Crippen LogP contribution in [0.15, 0.2) is 51.0 Å². The molecule has 31 heavy (non-hydrogen) atoms. The van der Waals surface area contributed by atoms with E-state index < -0.39 is 34.6 Å². The highest BCUT2D eigenvalue weighted by atomic mass is 32.1. The van der Waals surface area contributed by atoms with E-state index in [4.69, 9.17) is 9.15 Å². The van der Waals surface area contributed by atoms with Crippen molar-refractivity contribution in [3.8, 4) is 40.1 Å². The van der Waals surface area contributed by atoms with Gasteiger partial charge in [0.15, 0.2) is 17.3 Å². The number of hydrogen-bond acceptors (Lipinski definition) is 9. The summed E-state index contributed by atoms with van der Waals surface area (Å²) in [6.45, 7) is 0. The molecule has 0 saturated carbocycles. The number of phenolic OH excluding ortho intramolecular Hbond substituents is 3. The minimum absolute atomic E-state index is 0.00725. The topological polar surface area (TPSA) is 137 Å². The van der Waals surface area contributed by atoms with Crippen LogP contribution in [0.5, 0.6) is 28.7 Å². The fraction of sp³-hybridized carbons (Fsp3) is 0.0909. The Morgan fingerprint density at radius 3 is 2.48 bits per heavy atom. The number of carbonyl (C=O) groups excluding carboxylic acids is 1. The molecule has 0 saturated heterocycles. The summed E-state index contributed by atoms with van der Waals surface area (Å²) >= 11 is 1.42. The van der Waals surface area contributed by atoms with E-state index in [2.05, 4.69) is 0 Å². The Morgan fingerprint density at radius 2 is 1.77 bits per heavy atom. The van der Waals surface area contributed by atoms with Crippen molar-refractivity contribution in [2.45, 2.75) is 12.3 Å². The summed E-state index contributed by atoms with van der Waals surface area (Å²) in [5, 5.41) is 41.9. The molecular weight excluding hydrogens is 424 g/mol. The summed E-state index contributed by atoms with van der Waals surface area (Å²) in [4.78, 5) is 26.0. The Balaban J connectivity index is 1.87. The average Bonchev–Trinajstić information content (AvgIpc) is 3.26. The van der Waals surface area contributed by atoms with Crippen LogP contribution >= 0.6 is 11.3 Å². The van der Waals surface area contributed by atoms with E-state index in [-0.39, 0.29) is 40.2 Å². The summed E-state index contributed by atoms with van der Waals surface area (Å²) in [6, 6.07) is 8.50. The number of thiophene rings is 1. The maximum Gasteiger partial charge on any atom is 0.312 e. The minimum Gasteiger partial charge on any atom is -0.507 e. The highest BCUT2D eigenvalue weighted by Gasteiger charge is 2.35. The van der Waals surface area contributed by atoms with Gasteiger partial charge >= 0.3 is 5.97 Å². The number of carbonyl (C=O) groups is 1. The van der Waals surface area contributed by atoms with Crippen LogP contribution in [0.2, 0.25) is 0 Å². The first-order chi connectivity index (χ1) is 14.8. The van der Waals surface area contributed by atoms with Crippen LogP contribution in [-0.4, -0.2) is 26.4 Å². The molecule has 0 radical (unpaired) electrons. The lowest BCUT2D eigenvalue weighted by molar-refractivity contribution is -0.135. The zero-order valence-electron chi connectivity index (χ0n) is 15.7. The van der Waals surface area contributed by atoms with E-state index in [1.165, 1.54) is 23.5 Å². The monoisotopic (exact) mass is 438 g/mol. The SMILES string of the molecule is O=C1CC(c2cccs2)c2c(cc(O)c3c(=O)c(O)c(-c4ccc(O)c(O)c4)oc23)O1. The van der Waals surface area contributed by atoms with Crippen molar-refractivity contribution in [3.63, 3.8) is 0 Å². The minimum atomic E-state index is -0.883. The van der Waals surface area contributed by atoms with Crippen LogP contribution in [0.1, 0.15) is 22.8 Å². The van der Waals surface area contributed by atoms with E-state index in [9.17, 15) is 30.0 Å². The maximum atomic E-state index is 13.0. The molecule has 156 valence electrons. The van der Waals surface area contributed by atoms with E-state index in [1.54, 1.807) is 0 Å². The van der Waals surface area contributed by atoms with Crippen molar-refractivity contribution in [2.75, 3.05) is 0 Å². The molecule has 4 aromatic rings. The van der Waals surface area contributed by atoms with Crippen molar-refractivity contribution < 1.29 is 34.4 Å². The van der Waals surface area contributed by atoms with Crippen molar-refractivity contribution in [1.82, 2.24) is 0 Å². The number of hydrogen-bond donors (Lipinski definition) is 4. The van der Waals surface area contributed by atoms with Crippen molar-refractivity contribution in [3.05, 3.63) is 62.4 Å². The van der Waals surface area contributed by atoms with Crippen LogP contribution in [0, 0.1) is 0 Å². The Morgan fingerprint density at radius 1 is 0.968 bits per heavy atom. The second-order valence-electron chi connectivity index (χ2n) is 7.07. The van der Waals surface area contributed by atoms with Crippen molar-refractivity contribution in [2.24, 2.45) is 0 Å². The zero-order valence-corrected chi connectivity index (χ0v) is 16.5. The molecule has 2 aromatic carbocycles. The van der Waals surface area contributed by atoms with E-state index in [1.807, 2.05) is 17.5 Å². The first-order valence-electron chi connectivity index (χ1n) is 9.17. The quantitative estimate of drug-likeness (QED) is 0.211. The molecule has 0 bridgehead atoms. The number of esters is 1. The second kappa shape index (κ2) is 6.78. The molecule has 0 fully saturated rings. The number of fused-ring (bicyclic) bond motifs is 3. The fourth-order valence-corrected chi connectivity index (χ4v) is 4.61. The van der Waals surface area contributed by atoms with Crippen LogP contribution in [0.3, 0.4) is 0 Å². The van der Waals surface area contributed by atoms with E-state index in [0.29, 0.717) is 5.56 Å². The molecule has 0 spiro atoms. The lowest BCUT2D eigenvalue weighted by Crippen LogP contribution is -2.21. The number of aromatic hydroxyl groups is 4. The molecule has 1 aliphatic rings. The molecule has 0 amide bonds. The van der Waals surface area contributed by atoms with Gasteiger partial charge in [-0.3, -0.25) is 9.59 Å². The first kappa shape index (κ1) is 19.0. The maximum absolute atomic E-state index is 13.0. The summed E-state index contributed by atoms with van der Waals surface area (Å²) in [5.41, 5.74) is -0.391. The van der Waals surface area contributed by atoms with Gasteiger partial charge in [0.1, 0.15) is 22.5 Å². The molecule has 2 aromatic heterocycles. The highest BCUT2D eigenvalue weighted by Crippen LogP contribution is 2.48. The van der Waals surface area contributed by atoms with Crippen molar-refractivity contribution in [1.29, 1.82) is 0 Å². The Hall–Kier alpha value is -3.98. The van der Waals surface area contributed by atoms with Crippen LogP contribution < -0.4 is 10.2 Å². The van der Waals surface area contributed by atoms with Gasteiger partial charge in [-0.25, -0.2) is 0 Å². The summed E-state index contributed by atoms with van der Waals surface area (Å²) in [6.07, 6.45) is 0.00725. The van der Waals surface area contributed by atoms with Crippen LogP contribution in [-0.2, 0) is 4.79 Å². The molecule has 9 heteroatoms. The average molecular weight is 438 g/mol. The molecule has 5 rings (SSSR count). The number of rotatable bonds is 2. The lowest BCUT2D eigenvalue weighted by Gasteiger charge is -2.25. The van der Waals surface area contributed by atoms with Gasteiger partial charge in [-0.2, -0.15) is 0 Å². The summed E-state index contributed by atoms with van der Waals surface area (Å²) < 4.78 is 11.2. The van der Waals surface area contributed by atoms with E-state index >= 15 is 0 Å². The summed E-state index contributed by atoms with van der Waals surface area (Å²) in [5.74, 6) is -3.29. The number of ether oxygens (including phenoxy) is 1. The van der Waals surface area contributed by atoms with Crippen LogP contribution in [0.25, 0.3) is 22.3 Å². The standard InChI is InChI=1S/C22H14O8S/c23-11-4-3-9(6-12(11)24)21-20(28)19(27)18-13(25)8-14-17(22(18)30-21)10(7-16(26)29-14)15-2-1-5-31-15/h1-6,8,10,23-25,28H,7H2. The van der Waals surface area contributed by atoms with Crippen molar-refractivity contribution >= 4 is 28.3 Å². The number of phenols is 3. The van der Waals surface area contributed by atoms with Crippen LogP contribution in [0.4, 0.5) is 0 Å². The van der Waals surface area contributed by atoms with Gasteiger partial charge < -0.3 is 29.6 Å². The Bertz CT molecular complexity index is 1420. The smallest absolute Gasteiger partial charge is 0.312 e. The third kappa shape index (κ3) is 2.89. The van der Waals surface area contributed by atoms with Gasteiger partial charge in [0, 0.05) is 28.0 Å². The molecule has 1 atom stereocenters. The van der Waals surface area contributed by atoms with Gasteiger partial charge in [-0.05, 0) is 29.6 Å². The summed E-state index contributed by atoms with van der Waals surface area (Å²) in [7, 11) is 0. The molecular formula is C22H14O8S. The third-order valence-corrected chi connectivity index (χ3v) is 6.18. The van der Waals surface area contributed by atoms with Gasteiger partial charge in [0.25, 0.3) is 0 Å². The highest BCUT2D eigenvalue weighted by molar-refractivity contribution is 7.10. The molecule has 0 aliphatic carbocycles. The van der Waals surface area contributed by atoms with Gasteiger partial charge in [0.05, 0.1) is 6.42 Å². The van der Waals surface area contributed by atoms with Gasteiger partial charge in [0.2, 0.25) is 11.2 Å². The first-order valence-corrected chi connectivity index (χ1v) is 10.0. The van der Waals surface area contributed by atoms with Gasteiger partial charge in [-0.1, -0.05) is 6.07 Å². The predicted octanol–water partition coefficient (Wildman–Crippen LogP) is 3.78.